The predicted molar refractivity (Wildman–Crippen MR) is 86.5 cm³/mol. The molecule has 6 heteroatoms. The summed E-state index contributed by atoms with van der Waals surface area (Å²) in [4.78, 5) is 1.08. The first kappa shape index (κ1) is 17.6. The minimum Gasteiger partial charge on any atom is -0.315 e. The summed E-state index contributed by atoms with van der Waals surface area (Å²) in [5.41, 5.74) is 0. The highest BCUT2D eigenvalue weighted by atomic mass is 32.2. The molecule has 0 aromatic carbocycles. The minimum absolute atomic E-state index is 0.0317. The molecule has 0 aliphatic rings. The average Bonchev–Trinajstić information content (AvgIpc) is 2.88. The topological polar surface area (TPSA) is 49.4 Å². The van der Waals surface area contributed by atoms with Crippen LogP contribution in [0.1, 0.15) is 39.0 Å². The van der Waals surface area contributed by atoms with Gasteiger partial charge < -0.3 is 5.32 Å². The lowest BCUT2D eigenvalue weighted by Crippen LogP contribution is -2.44. The average molecular weight is 319 g/mol. The fourth-order valence-electron chi connectivity index (χ4n) is 1.94. The third-order valence-corrected chi connectivity index (χ3v) is 6.41. The quantitative estimate of drug-likeness (QED) is 0.712. The molecule has 1 aromatic rings. The van der Waals surface area contributed by atoms with Crippen molar-refractivity contribution in [1.82, 2.24) is 9.62 Å². The van der Waals surface area contributed by atoms with Gasteiger partial charge in [0.15, 0.2) is 0 Å². The molecule has 1 atom stereocenters. The maximum absolute atomic E-state index is 12.7. The highest BCUT2D eigenvalue weighted by Gasteiger charge is 2.30. The minimum atomic E-state index is -3.28. The fourth-order valence-corrected chi connectivity index (χ4v) is 4.42. The van der Waals surface area contributed by atoms with Crippen molar-refractivity contribution in [2.75, 3.05) is 13.1 Å². The van der Waals surface area contributed by atoms with Crippen LogP contribution in [0.3, 0.4) is 0 Å². The first-order chi connectivity index (χ1) is 9.39. The van der Waals surface area contributed by atoms with Gasteiger partial charge in [0.1, 0.15) is 0 Å². The molecule has 0 fully saturated rings. The molecule has 1 aromatic heterocycles. The van der Waals surface area contributed by atoms with Crippen LogP contribution in [-0.2, 0) is 16.6 Å². The van der Waals surface area contributed by atoms with E-state index in [0.717, 1.165) is 17.8 Å². The molecule has 0 amide bonds. The van der Waals surface area contributed by atoms with Gasteiger partial charge in [-0.2, -0.15) is 4.31 Å². The largest absolute Gasteiger partial charge is 0.315 e. The van der Waals surface area contributed by atoms with Gasteiger partial charge in [-0.1, -0.05) is 13.0 Å². The monoisotopic (exact) mass is 318 g/mol. The van der Waals surface area contributed by atoms with E-state index < -0.39 is 15.3 Å². The van der Waals surface area contributed by atoms with Crippen molar-refractivity contribution in [1.29, 1.82) is 0 Å². The van der Waals surface area contributed by atoms with Crippen molar-refractivity contribution in [3.63, 3.8) is 0 Å². The van der Waals surface area contributed by atoms with E-state index in [4.69, 9.17) is 0 Å². The first-order valence-electron chi connectivity index (χ1n) is 7.13. The summed E-state index contributed by atoms with van der Waals surface area (Å²) in [7, 11) is -3.28. The third-order valence-electron chi connectivity index (χ3n) is 3.16. The van der Waals surface area contributed by atoms with Crippen LogP contribution in [0.4, 0.5) is 0 Å². The number of sulfonamides is 1. The van der Waals surface area contributed by atoms with Crippen LogP contribution in [0.5, 0.6) is 0 Å². The van der Waals surface area contributed by atoms with Gasteiger partial charge in [-0.05, 0) is 45.2 Å². The van der Waals surface area contributed by atoms with E-state index in [2.05, 4.69) is 12.2 Å². The van der Waals surface area contributed by atoms with Crippen LogP contribution in [0, 0.1) is 0 Å². The van der Waals surface area contributed by atoms with Crippen LogP contribution in [0.15, 0.2) is 17.5 Å². The van der Waals surface area contributed by atoms with Gasteiger partial charge in [0.25, 0.3) is 0 Å². The number of nitrogens with zero attached hydrogens (tertiary/aromatic N) is 1. The van der Waals surface area contributed by atoms with Crippen LogP contribution in [-0.4, -0.2) is 37.1 Å². The smallest absolute Gasteiger partial charge is 0.218 e. The number of hydrogen-bond acceptors (Lipinski definition) is 4. The summed E-state index contributed by atoms with van der Waals surface area (Å²) < 4.78 is 27.0. The SMILES string of the molecule is CCCNCC(C)S(=O)(=O)N(Cc1cccs1)C(C)C. The molecule has 0 aliphatic carbocycles. The second-order valence-corrected chi connectivity index (χ2v) is 8.61. The van der Waals surface area contributed by atoms with Gasteiger partial charge in [0.05, 0.1) is 5.25 Å². The van der Waals surface area contributed by atoms with Crippen molar-refractivity contribution in [2.45, 2.75) is 52.0 Å². The van der Waals surface area contributed by atoms with Crippen LogP contribution in [0.2, 0.25) is 0 Å². The standard InChI is InChI=1S/C14H26N2O2S2/c1-5-8-15-10-13(4)20(17,18)16(12(2)3)11-14-7-6-9-19-14/h6-7,9,12-13,15H,5,8,10-11H2,1-4H3. The zero-order valence-electron chi connectivity index (χ0n) is 12.8. The summed E-state index contributed by atoms with van der Waals surface area (Å²) in [5.74, 6) is 0. The molecule has 1 heterocycles. The van der Waals surface area contributed by atoms with E-state index in [-0.39, 0.29) is 6.04 Å². The van der Waals surface area contributed by atoms with Gasteiger partial charge in [-0.25, -0.2) is 8.42 Å². The van der Waals surface area contributed by atoms with E-state index in [1.54, 1.807) is 22.6 Å². The molecule has 1 N–H and O–H groups in total. The van der Waals surface area contributed by atoms with Gasteiger partial charge in [0.2, 0.25) is 10.0 Å². The van der Waals surface area contributed by atoms with E-state index in [1.807, 2.05) is 31.4 Å². The Morgan fingerprint density at radius 2 is 2.05 bits per heavy atom. The second-order valence-electron chi connectivity index (χ2n) is 5.28. The van der Waals surface area contributed by atoms with E-state index >= 15 is 0 Å². The number of nitrogens with one attached hydrogen (secondary N) is 1. The molecule has 0 spiro atoms. The Bertz CT molecular complexity index is 469. The predicted octanol–water partition coefficient (Wildman–Crippen LogP) is 2.68. The molecule has 1 rings (SSSR count). The van der Waals surface area contributed by atoms with Crippen molar-refractivity contribution in [2.24, 2.45) is 0 Å². The lowest BCUT2D eigenvalue weighted by Gasteiger charge is -2.28. The van der Waals surface area contributed by atoms with Crippen molar-refractivity contribution in [3.05, 3.63) is 22.4 Å². The van der Waals surface area contributed by atoms with Crippen molar-refractivity contribution >= 4 is 21.4 Å². The molecule has 0 radical (unpaired) electrons. The summed E-state index contributed by atoms with van der Waals surface area (Å²) in [6.07, 6.45) is 1.01. The Morgan fingerprint density at radius 1 is 1.35 bits per heavy atom. The summed E-state index contributed by atoms with van der Waals surface area (Å²) in [5, 5.41) is 4.76. The summed E-state index contributed by atoms with van der Waals surface area (Å²) >= 11 is 1.60. The van der Waals surface area contributed by atoms with Crippen LogP contribution in [0.25, 0.3) is 0 Å². The highest BCUT2D eigenvalue weighted by Crippen LogP contribution is 2.19. The molecule has 1 unspecified atom stereocenters. The Balaban J connectivity index is 2.78. The normalized spacial score (nSPS) is 14.1. The van der Waals surface area contributed by atoms with Gasteiger partial charge >= 0.3 is 0 Å². The number of hydrogen-bond donors (Lipinski definition) is 1. The zero-order valence-corrected chi connectivity index (χ0v) is 14.4. The molecule has 116 valence electrons. The zero-order chi connectivity index (χ0) is 15.2. The van der Waals surface area contributed by atoms with Crippen molar-refractivity contribution in [3.8, 4) is 0 Å². The summed E-state index contributed by atoms with van der Waals surface area (Å²) in [6.45, 7) is 9.53. The van der Waals surface area contributed by atoms with E-state index in [0.29, 0.717) is 13.1 Å². The van der Waals surface area contributed by atoms with E-state index in [9.17, 15) is 8.42 Å². The molecule has 0 aliphatic heterocycles. The van der Waals surface area contributed by atoms with E-state index in [1.165, 1.54) is 0 Å². The van der Waals surface area contributed by atoms with Gasteiger partial charge in [0, 0.05) is 24.0 Å². The number of thiophene rings is 1. The maximum Gasteiger partial charge on any atom is 0.218 e. The fraction of sp³-hybridized carbons (Fsp3) is 0.714. The Labute approximate surface area is 127 Å². The molecule has 4 nitrogen and oxygen atoms in total. The molecule has 20 heavy (non-hydrogen) atoms. The Hall–Kier alpha value is -0.430. The van der Waals surface area contributed by atoms with Crippen LogP contribution < -0.4 is 5.32 Å². The Morgan fingerprint density at radius 3 is 2.55 bits per heavy atom. The lowest BCUT2D eigenvalue weighted by molar-refractivity contribution is 0.345. The first-order valence-corrected chi connectivity index (χ1v) is 9.51. The molecular weight excluding hydrogens is 292 g/mol. The van der Waals surface area contributed by atoms with Gasteiger partial charge in [-0.15, -0.1) is 11.3 Å². The second kappa shape index (κ2) is 8.12. The molecule has 0 bridgehead atoms. The maximum atomic E-state index is 12.7. The molecular formula is C14H26N2O2S2. The lowest BCUT2D eigenvalue weighted by atomic mass is 10.4. The molecule has 0 saturated heterocycles. The third kappa shape index (κ3) is 4.84. The summed E-state index contributed by atoms with van der Waals surface area (Å²) in [6, 6.07) is 3.91. The highest BCUT2D eigenvalue weighted by molar-refractivity contribution is 7.89. The molecule has 0 saturated carbocycles. The number of rotatable bonds is 9. The van der Waals surface area contributed by atoms with Gasteiger partial charge in [-0.3, -0.25) is 0 Å². The Kier molecular flexibility index (Phi) is 7.15. The van der Waals surface area contributed by atoms with Crippen LogP contribution >= 0.6 is 11.3 Å². The van der Waals surface area contributed by atoms with Crippen molar-refractivity contribution < 1.29 is 8.42 Å².